The fourth-order valence-electron chi connectivity index (χ4n) is 1.29. The molecular formula is C10H7FN4. The molecule has 1 aromatic heterocycles. The minimum absolute atomic E-state index is 0.0411. The quantitative estimate of drug-likeness (QED) is 0.761. The molecule has 0 unspecified atom stereocenters. The van der Waals surface area contributed by atoms with Crippen LogP contribution in [0.5, 0.6) is 0 Å². The first-order valence-electron chi connectivity index (χ1n) is 4.22. The zero-order valence-electron chi connectivity index (χ0n) is 7.68. The van der Waals surface area contributed by atoms with E-state index in [0.29, 0.717) is 11.5 Å². The van der Waals surface area contributed by atoms with E-state index in [1.165, 1.54) is 16.8 Å². The van der Waals surface area contributed by atoms with Gasteiger partial charge in [0.25, 0.3) is 0 Å². The second kappa shape index (κ2) is 3.42. The first kappa shape index (κ1) is 9.21. The van der Waals surface area contributed by atoms with Crippen LogP contribution in [0.25, 0.3) is 5.69 Å². The Morgan fingerprint density at radius 2 is 2.20 bits per heavy atom. The van der Waals surface area contributed by atoms with Gasteiger partial charge in [-0.25, -0.2) is 9.07 Å². The summed E-state index contributed by atoms with van der Waals surface area (Å²) in [7, 11) is 0. The smallest absolute Gasteiger partial charge is 0.145 e. The Kier molecular flexibility index (Phi) is 2.10. The van der Waals surface area contributed by atoms with Gasteiger partial charge in [-0.15, -0.1) is 0 Å². The third kappa shape index (κ3) is 1.53. The van der Waals surface area contributed by atoms with Crippen LogP contribution in [-0.4, -0.2) is 9.78 Å². The fourth-order valence-corrected chi connectivity index (χ4v) is 1.29. The highest BCUT2D eigenvalue weighted by molar-refractivity contribution is 5.49. The molecule has 74 valence electrons. The molecule has 2 N–H and O–H groups in total. The molecule has 0 amide bonds. The van der Waals surface area contributed by atoms with E-state index in [-0.39, 0.29) is 5.56 Å². The van der Waals surface area contributed by atoms with Crippen LogP contribution < -0.4 is 5.73 Å². The highest BCUT2D eigenvalue weighted by Gasteiger charge is 2.09. The molecule has 5 heteroatoms. The summed E-state index contributed by atoms with van der Waals surface area (Å²) in [6, 6.07) is 7.72. The van der Waals surface area contributed by atoms with Crippen molar-refractivity contribution in [3.63, 3.8) is 0 Å². The van der Waals surface area contributed by atoms with E-state index in [9.17, 15) is 4.39 Å². The minimum Gasteiger partial charge on any atom is -0.382 e. The summed E-state index contributed by atoms with van der Waals surface area (Å²) in [5.41, 5.74) is 5.78. The lowest BCUT2D eigenvalue weighted by Crippen LogP contribution is -2.00. The van der Waals surface area contributed by atoms with Gasteiger partial charge in [-0.2, -0.15) is 10.4 Å². The lowest BCUT2D eigenvalue weighted by Gasteiger charge is -2.03. The number of nitriles is 1. The molecule has 0 saturated carbocycles. The molecule has 0 atom stereocenters. The van der Waals surface area contributed by atoms with Crippen molar-refractivity contribution in [3.8, 4) is 11.8 Å². The Balaban J connectivity index is 2.63. The van der Waals surface area contributed by atoms with Crippen LogP contribution in [0.4, 0.5) is 10.2 Å². The Bertz CT molecular complexity index is 539. The van der Waals surface area contributed by atoms with Crippen molar-refractivity contribution in [2.45, 2.75) is 0 Å². The molecule has 15 heavy (non-hydrogen) atoms. The molecule has 4 nitrogen and oxygen atoms in total. The number of anilines is 1. The Labute approximate surface area is 85.4 Å². The predicted molar refractivity (Wildman–Crippen MR) is 52.6 cm³/mol. The topological polar surface area (TPSA) is 67.6 Å². The highest BCUT2D eigenvalue weighted by Crippen LogP contribution is 2.16. The average molecular weight is 202 g/mol. The van der Waals surface area contributed by atoms with Crippen LogP contribution in [0.1, 0.15) is 5.56 Å². The molecule has 1 heterocycles. The van der Waals surface area contributed by atoms with Gasteiger partial charge >= 0.3 is 0 Å². The van der Waals surface area contributed by atoms with Crippen LogP contribution in [0.3, 0.4) is 0 Å². The highest BCUT2D eigenvalue weighted by atomic mass is 19.1. The first-order chi connectivity index (χ1) is 7.22. The molecule has 0 aliphatic carbocycles. The van der Waals surface area contributed by atoms with E-state index >= 15 is 0 Å². The molecule has 1 aromatic carbocycles. The number of nitrogens with zero attached hydrogens (tertiary/aromatic N) is 3. The van der Waals surface area contributed by atoms with Crippen molar-refractivity contribution < 1.29 is 4.39 Å². The number of halogens is 1. The predicted octanol–water partition coefficient (Wildman–Crippen LogP) is 1.47. The van der Waals surface area contributed by atoms with E-state index < -0.39 is 5.82 Å². The molecule has 2 aromatic rings. The molecule has 0 bridgehead atoms. The number of benzene rings is 1. The van der Waals surface area contributed by atoms with E-state index in [4.69, 9.17) is 11.0 Å². The monoisotopic (exact) mass is 202 g/mol. The van der Waals surface area contributed by atoms with Gasteiger partial charge in [0.1, 0.15) is 23.3 Å². The number of hydrogen-bond donors (Lipinski definition) is 1. The maximum Gasteiger partial charge on any atom is 0.145 e. The zero-order valence-corrected chi connectivity index (χ0v) is 7.68. The van der Waals surface area contributed by atoms with Gasteiger partial charge in [0.15, 0.2) is 0 Å². The van der Waals surface area contributed by atoms with Crippen LogP contribution in [0, 0.1) is 17.1 Å². The second-order valence-corrected chi connectivity index (χ2v) is 2.93. The molecule has 0 saturated heterocycles. The van der Waals surface area contributed by atoms with Gasteiger partial charge in [0, 0.05) is 12.3 Å². The van der Waals surface area contributed by atoms with Crippen LogP contribution in [0.2, 0.25) is 0 Å². The summed E-state index contributed by atoms with van der Waals surface area (Å²) in [5.74, 6) is -0.243. The van der Waals surface area contributed by atoms with Crippen LogP contribution >= 0.6 is 0 Å². The van der Waals surface area contributed by atoms with E-state index in [1.54, 1.807) is 24.4 Å². The maximum absolute atomic E-state index is 13.2. The molecule has 0 aliphatic rings. The largest absolute Gasteiger partial charge is 0.382 e. The molecule has 2 rings (SSSR count). The van der Waals surface area contributed by atoms with E-state index in [1.807, 2.05) is 0 Å². The third-order valence-electron chi connectivity index (χ3n) is 1.96. The van der Waals surface area contributed by atoms with Gasteiger partial charge in [0.05, 0.1) is 5.69 Å². The van der Waals surface area contributed by atoms with Crippen molar-refractivity contribution in [2.24, 2.45) is 0 Å². The fraction of sp³-hybridized carbons (Fsp3) is 0. The molecule has 0 spiro atoms. The number of nitrogen functional groups attached to an aromatic ring is 1. The Hall–Kier alpha value is -2.35. The van der Waals surface area contributed by atoms with Crippen LogP contribution in [-0.2, 0) is 0 Å². The first-order valence-corrected chi connectivity index (χ1v) is 4.22. The summed E-state index contributed by atoms with van der Waals surface area (Å²) in [4.78, 5) is 0. The Morgan fingerprint density at radius 3 is 2.80 bits per heavy atom. The van der Waals surface area contributed by atoms with Gasteiger partial charge in [-0.1, -0.05) is 6.07 Å². The van der Waals surface area contributed by atoms with Gasteiger partial charge in [-0.05, 0) is 12.1 Å². The number of rotatable bonds is 1. The molecule has 0 radical (unpaired) electrons. The summed E-state index contributed by atoms with van der Waals surface area (Å²) in [5, 5.41) is 12.7. The van der Waals surface area contributed by atoms with Crippen molar-refractivity contribution in [1.82, 2.24) is 9.78 Å². The SMILES string of the molecule is N#Cc1c(F)cccc1-n1ccc(N)n1. The number of nitrogens with two attached hydrogens (primary N) is 1. The summed E-state index contributed by atoms with van der Waals surface area (Å²) in [6.07, 6.45) is 1.57. The zero-order chi connectivity index (χ0) is 10.8. The minimum atomic E-state index is -0.566. The van der Waals surface area contributed by atoms with E-state index in [0.717, 1.165) is 0 Å². The third-order valence-corrected chi connectivity index (χ3v) is 1.96. The normalized spacial score (nSPS) is 9.87. The number of hydrogen-bond acceptors (Lipinski definition) is 3. The van der Waals surface area contributed by atoms with Crippen molar-refractivity contribution in [2.75, 3.05) is 5.73 Å². The van der Waals surface area contributed by atoms with Crippen molar-refractivity contribution >= 4 is 5.82 Å². The van der Waals surface area contributed by atoms with Crippen molar-refractivity contribution in [3.05, 3.63) is 41.8 Å². The molecule has 0 aliphatic heterocycles. The molecule has 0 fully saturated rings. The number of aromatic nitrogens is 2. The van der Waals surface area contributed by atoms with Crippen LogP contribution in [0.15, 0.2) is 30.5 Å². The summed E-state index contributed by atoms with van der Waals surface area (Å²) >= 11 is 0. The summed E-state index contributed by atoms with van der Waals surface area (Å²) < 4.78 is 14.6. The standard InChI is InChI=1S/C10H7FN4/c11-8-2-1-3-9(7(8)6-12)15-5-4-10(13)14-15/h1-5H,(H2,13,14). The van der Waals surface area contributed by atoms with Crippen molar-refractivity contribution in [1.29, 1.82) is 5.26 Å². The van der Waals surface area contributed by atoms with Gasteiger partial charge in [-0.3, -0.25) is 0 Å². The maximum atomic E-state index is 13.2. The van der Waals surface area contributed by atoms with E-state index in [2.05, 4.69) is 5.10 Å². The Morgan fingerprint density at radius 1 is 1.40 bits per heavy atom. The summed E-state index contributed by atoms with van der Waals surface area (Å²) in [6.45, 7) is 0. The average Bonchev–Trinajstić information content (AvgIpc) is 2.64. The lowest BCUT2D eigenvalue weighted by atomic mass is 10.2. The molecular weight excluding hydrogens is 195 g/mol. The second-order valence-electron chi connectivity index (χ2n) is 2.93. The lowest BCUT2D eigenvalue weighted by molar-refractivity contribution is 0.621. The van der Waals surface area contributed by atoms with Gasteiger partial charge < -0.3 is 5.73 Å². The van der Waals surface area contributed by atoms with Gasteiger partial charge in [0.2, 0.25) is 0 Å².